The van der Waals surface area contributed by atoms with E-state index in [4.69, 9.17) is 0 Å². The predicted octanol–water partition coefficient (Wildman–Crippen LogP) is 3.46. The lowest BCUT2D eigenvalue weighted by molar-refractivity contribution is 0.588. The summed E-state index contributed by atoms with van der Waals surface area (Å²) < 4.78 is 54.1. The summed E-state index contributed by atoms with van der Waals surface area (Å²) >= 11 is 0. The molecular weight excluding hydrogens is 410 g/mol. The van der Waals surface area contributed by atoms with E-state index in [1.54, 1.807) is 6.92 Å². The van der Waals surface area contributed by atoms with Crippen molar-refractivity contribution in [2.24, 2.45) is 0 Å². The summed E-state index contributed by atoms with van der Waals surface area (Å²) in [6.45, 7) is 3.50. The highest BCUT2D eigenvalue weighted by atomic mass is 32.2. The second-order valence-electron chi connectivity index (χ2n) is 6.48. The lowest BCUT2D eigenvalue weighted by atomic mass is 10.0. The minimum Gasteiger partial charge on any atom is -0.282 e. The molecule has 0 radical (unpaired) electrons. The number of nitrogens with zero attached hydrogens (tertiary/aromatic N) is 3. The van der Waals surface area contributed by atoms with Crippen molar-refractivity contribution in [1.29, 1.82) is 0 Å². The Balaban J connectivity index is 2.14. The number of halogens is 2. The fourth-order valence-electron chi connectivity index (χ4n) is 2.77. The number of aromatic nitrogens is 3. The van der Waals surface area contributed by atoms with E-state index in [0.717, 1.165) is 18.4 Å². The molecule has 0 fully saturated rings. The highest BCUT2D eigenvalue weighted by Crippen LogP contribution is 2.28. The molecule has 1 aromatic carbocycles. The van der Waals surface area contributed by atoms with Crippen LogP contribution < -0.4 is 4.72 Å². The molecule has 0 saturated heterocycles. The SMILES string of the molecule is CCc1ncnc(-c2c(F)cccc2F)c1C#Cc1cnc(C)c(NS(C)(=O)=O)c1. The molecule has 9 heteroatoms. The van der Waals surface area contributed by atoms with Crippen LogP contribution in [0.2, 0.25) is 0 Å². The minimum atomic E-state index is -3.49. The third kappa shape index (κ3) is 4.78. The molecule has 0 unspecified atom stereocenters. The summed E-state index contributed by atoms with van der Waals surface area (Å²) in [5.41, 5.74) is 1.80. The van der Waals surface area contributed by atoms with Crippen LogP contribution in [0.15, 0.2) is 36.8 Å². The van der Waals surface area contributed by atoms with Crippen molar-refractivity contribution in [2.45, 2.75) is 20.3 Å². The summed E-state index contributed by atoms with van der Waals surface area (Å²) in [4.78, 5) is 12.4. The standard InChI is InChI=1S/C21H18F2N4O2S/c1-4-18-15(21(26-12-25-18)20-16(22)6-5-7-17(20)23)9-8-14-10-19(13(2)24-11-14)27-30(3,28)29/h5-7,10-12,27H,4H2,1-3H3. The first-order valence-corrected chi connectivity index (χ1v) is 10.8. The lowest BCUT2D eigenvalue weighted by Crippen LogP contribution is -2.11. The number of benzene rings is 1. The van der Waals surface area contributed by atoms with Crippen LogP contribution in [0.1, 0.15) is 29.4 Å². The molecule has 0 bridgehead atoms. The van der Waals surface area contributed by atoms with Crippen molar-refractivity contribution in [1.82, 2.24) is 15.0 Å². The summed E-state index contributed by atoms with van der Waals surface area (Å²) in [6.07, 6.45) is 4.23. The predicted molar refractivity (Wildman–Crippen MR) is 110 cm³/mol. The molecule has 0 amide bonds. The summed E-state index contributed by atoms with van der Waals surface area (Å²) in [7, 11) is -3.49. The molecular formula is C21H18F2N4O2S. The van der Waals surface area contributed by atoms with E-state index < -0.39 is 21.7 Å². The zero-order valence-electron chi connectivity index (χ0n) is 16.5. The van der Waals surface area contributed by atoms with Crippen molar-refractivity contribution in [3.63, 3.8) is 0 Å². The second kappa shape index (κ2) is 8.55. The van der Waals surface area contributed by atoms with Crippen molar-refractivity contribution in [3.05, 3.63) is 70.9 Å². The van der Waals surface area contributed by atoms with E-state index in [-0.39, 0.29) is 11.3 Å². The van der Waals surface area contributed by atoms with Crippen molar-refractivity contribution < 1.29 is 17.2 Å². The topological polar surface area (TPSA) is 84.8 Å². The molecule has 0 aliphatic heterocycles. The molecule has 0 spiro atoms. The van der Waals surface area contributed by atoms with Crippen LogP contribution in [0.3, 0.4) is 0 Å². The van der Waals surface area contributed by atoms with Gasteiger partial charge in [-0.1, -0.05) is 24.8 Å². The molecule has 0 saturated carbocycles. The molecule has 0 aliphatic carbocycles. The molecule has 0 aliphatic rings. The average molecular weight is 428 g/mol. The fraction of sp³-hybridized carbons (Fsp3) is 0.190. The van der Waals surface area contributed by atoms with Gasteiger partial charge in [0.25, 0.3) is 0 Å². The first-order valence-electron chi connectivity index (χ1n) is 8.94. The van der Waals surface area contributed by atoms with Crippen LogP contribution >= 0.6 is 0 Å². The molecule has 0 atom stereocenters. The van der Waals surface area contributed by atoms with Crippen LogP contribution in [-0.4, -0.2) is 29.6 Å². The van der Waals surface area contributed by atoms with Gasteiger partial charge in [-0.3, -0.25) is 9.71 Å². The van der Waals surface area contributed by atoms with Crippen LogP contribution in [0.5, 0.6) is 0 Å². The van der Waals surface area contributed by atoms with Crippen LogP contribution in [0.25, 0.3) is 11.3 Å². The van der Waals surface area contributed by atoms with Crippen LogP contribution in [0, 0.1) is 30.4 Å². The highest BCUT2D eigenvalue weighted by molar-refractivity contribution is 7.92. The normalized spacial score (nSPS) is 11.0. The zero-order chi connectivity index (χ0) is 21.9. The van der Waals surface area contributed by atoms with Crippen molar-refractivity contribution >= 4 is 15.7 Å². The van der Waals surface area contributed by atoms with Gasteiger partial charge in [-0.2, -0.15) is 0 Å². The van der Waals surface area contributed by atoms with Gasteiger partial charge in [-0.25, -0.2) is 27.2 Å². The van der Waals surface area contributed by atoms with Crippen LogP contribution in [0.4, 0.5) is 14.5 Å². The van der Waals surface area contributed by atoms with Gasteiger partial charge in [0, 0.05) is 11.8 Å². The van der Waals surface area contributed by atoms with Crippen molar-refractivity contribution in [2.75, 3.05) is 11.0 Å². The largest absolute Gasteiger partial charge is 0.282 e. The monoisotopic (exact) mass is 428 g/mol. The maximum atomic E-state index is 14.3. The maximum absolute atomic E-state index is 14.3. The Morgan fingerprint density at radius 2 is 1.80 bits per heavy atom. The first-order chi connectivity index (χ1) is 14.2. The van der Waals surface area contributed by atoms with E-state index >= 15 is 0 Å². The van der Waals surface area contributed by atoms with Gasteiger partial charge in [0.15, 0.2) is 0 Å². The number of sulfonamides is 1. The number of pyridine rings is 1. The third-order valence-corrected chi connectivity index (χ3v) is 4.77. The Hall–Kier alpha value is -3.38. The van der Waals surface area contributed by atoms with E-state index in [9.17, 15) is 17.2 Å². The zero-order valence-corrected chi connectivity index (χ0v) is 17.3. The van der Waals surface area contributed by atoms with E-state index in [0.29, 0.717) is 34.6 Å². The molecule has 154 valence electrons. The number of hydrogen-bond acceptors (Lipinski definition) is 5. The Labute approximate surface area is 173 Å². The number of hydrogen-bond donors (Lipinski definition) is 1. The van der Waals surface area contributed by atoms with Gasteiger partial charge in [0.2, 0.25) is 10.0 Å². The number of anilines is 1. The van der Waals surface area contributed by atoms with Gasteiger partial charge in [-0.15, -0.1) is 0 Å². The highest BCUT2D eigenvalue weighted by Gasteiger charge is 2.18. The molecule has 6 nitrogen and oxygen atoms in total. The molecule has 2 heterocycles. The summed E-state index contributed by atoms with van der Waals surface area (Å²) in [6, 6.07) is 5.11. The number of rotatable bonds is 4. The Kier molecular flexibility index (Phi) is 6.08. The maximum Gasteiger partial charge on any atom is 0.229 e. The van der Waals surface area contributed by atoms with Crippen molar-refractivity contribution in [3.8, 4) is 23.1 Å². The van der Waals surface area contributed by atoms with Gasteiger partial charge in [0.1, 0.15) is 18.0 Å². The minimum absolute atomic E-state index is 0.0551. The van der Waals surface area contributed by atoms with Gasteiger partial charge in [0.05, 0.1) is 40.2 Å². The van der Waals surface area contributed by atoms with Crippen LogP contribution in [-0.2, 0) is 16.4 Å². The fourth-order valence-corrected chi connectivity index (χ4v) is 3.38. The van der Waals surface area contributed by atoms with Gasteiger partial charge < -0.3 is 0 Å². The Morgan fingerprint density at radius 3 is 2.43 bits per heavy atom. The Bertz CT molecular complexity index is 1260. The molecule has 3 rings (SSSR count). The first kappa shape index (κ1) is 21.3. The molecule has 3 aromatic rings. The van der Waals surface area contributed by atoms with Gasteiger partial charge >= 0.3 is 0 Å². The Morgan fingerprint density at radius 1 is 1.10 bits per heavy atom. The quantitative estimate of drug-likeness (QED) is 0.644. The second-order valence-corrected chi connectivity index (χ2v) is 8.22. The molecule has 30 heavy (non-hydrogen) atoms. The number of aryl methyl sites for hydroxylation is 2. The van der Waals surface area contributed by atoms with E-state index in [1.165, 1.54) is 24.7 Å². The lowest BCUT2D eigenvalue weighted by Gasteiger charge is -2.09. The number of nitrogens with one attached hydrogen (secondary N) is 1. The summed E-state index contributed by atoms with van der Waals surface area (Å²) in [5, 5.41) is 0. The summed E-state index contributed by atoms with van der Waals surface area (Å²) in [5.74, 6) is 4.24. The van der Waals surface area contributed by atoms with E-state index in [1.807, 2.05) is 6.92 Å². The molecule has 2 aromatic heterocycles. The van der Waals surface area contributed by atoms with Gasteiger partial charge in [-0.05, 0) is 31.5 Å². The smallest absolute Gasteiger partial charge is 0.229 e. The third-order valence-electron chi connectivity index (χ3n) is 4.17. The average Bonchev–Trinajstić information content (AvgIpc) is 2.67. The molecule has 1 N–H and O–H groups in total. The van der Waals surface area contributed by atoms with E-state index in [2.05, 4.69) is 31.5 Å².